The van der Waals surface area contributed by atoms with Crippen LogP contribution >= 0.6 is 0 Å². The molecule has 0 heterocycles. The van der Waals surface area contributed by atoms with Gasteiger partial charge < -0.3 is 4.74 Å². The third-order valence-electron chi connectivity index (χ3n) is 2.66. The molecule has 0 saturated heterocycles. The van der Waals surface area contributed by atoms with E-state index in [0.29, 0.717) is 12.8 Å². The van der Waals surface area contributed by atoms with Gasteiger partial charge in [0.25, 0.3) is 0 Å². The molecule has 0 N–H and O–H groups in total. The van der Waals surface area contributed by atoms with Crippen LogP contribution in [0.25, 0.3) is 0 Å². The number of hydrogen-bond donors (Lipinski definition) is 0. The highest BCUT2D eigenvalue weighted by molar-refractivity contribution is 5.10. The smallest absolute Gasteiger partial charge is 0.446 e. The fraction of sp³-hybridized carbons (Fsp3) is 0.800. The number of alkyl halides is 3. The van der Waals surface area contributed by atoms with Gasteiger partial charge in [0.2, 0.25) is 5.83 Å². The Labute approximate surface area is 86.1 Å². The summed E-state index contributed by atoms with van der Waals surface area (Å²) in [5.74, 6) is -3.01. The van der Waals surface area contributed by atoms with Crippen molar-refractivity contribution in [3.05, 3.63) is 11.6 Å². The van der Waals surface area contributed by atoms with E-state index in [4.69, 9.17) is 0 Å². The molecule has 0 aromatic rings. The lowest BCUT2D eigenvalue weighted by Gasteiger charge is -2.24. The van der Waals surface area contributed by atoms with Gasteiger partial charge in [-0.2, -0.15) is 17.6 Å². The number of allylic oxidation sites excluding steroid dienone is 2. The molecule has 88 valence electrons. The normalized spacial score (nSPS) is 21.1. The first-order chi connectivity index (χ1) is 6.96. The van der Waals surface area contributed by atoms with Gasteiger partial charge in [-0.25, -0.2) is 0 Å². The van der Waals surface area contributed by atoms with Gasteiger partial charge >= 0.3 is 6.18 Å². The third kappa shape index (κ3) is 3.11. The van der Waals surface area contributed by atoms with E-state index in [9.17, 15) is 17.6 Å². The van der Waals surface area contributed by atoms with E-state index < -0.39 is 23.7 Å². The lowest BCUT2D eigenvalue weighted by Crippen LogP contribution is -2.18. The maximum atomic E-state index is 13.0. The van der Waals surface area contributed by atoms with Gasteiger partial charge in [-0.15, -0.1) is 0 Å². The highest BCUT2D eigenvalue weighted by Gasteiger charge is 2.40. The molecule has 1 nitrogen and oxygen atoms in total. The Balaban J connectivity index is 2.85. The Morgan fingerprint density at radius 1 is 1.13 bits per heavy atom. The average molecular weight is 226 g/mol. The average Bonchev–Trinajstić information content (AvgIpc) is 2.19. The summed E-state index contributed by atoms with van der Waals surface area (Å²) in [7, 11) is 1.09. The second-order valence-corrected chi connectivity index (χ2v) is 3.72. The Morgan fingerprint density at radius 3 is 2.07 bits per heavy atom. The van der Waals surface area contributed by atoms with Crippen LogP contribution in [0.3, 0.4) is 0 Å². The zero-order valence-corrected chi connectivity index (χ0v) is 8.53. The number of halogens is 4. The largest absolute Gasteiger partial charge is 0.498 e. The molecule has 1 aliphatic carbocycles. The van der Waals surface area contributed by atoms with Gasteiger partial charge in [-0.1, -0.05) is 19.3 Å². The molecular weight excluding hydrogens is 212 g/mol. The number of ether oxygens (including phenoxy) is 1. The van der Waals surface area contributed by atoms with E-state index >= 15 is 0 Å². The molecule has 5 heteroatoms. The van der Waals surface area contributed by atoms with Crippen molar-refractivity contribution >= 4 is 0 Å². The maximum Gasteiger partial charge on any atom is 0.446 e. The van der Waals surface area contributed by atoms with Crippen LogP contribution in [0.1, 0.15) is 32.1 Å². The first kappa shape index (κ1) is 12.3. The van der Waals surface area contributed by atoms with Crippen LogP contribution in [0.15, 0.2) is 11.6 Å². The molecule has 0 amide bonds. The molecular formula is C10H14F4O. The second kappa shape index (κ2) is 4.86. The molecule has 0 aromatic heterocycles. The van der Waals surface area contributed by atoms with Crippen molar-refractivity contribution < 1.29 is 22.3 Å². The summed E-state index contributed by atoms with van der Waals surface area (Å²) in [5, 5.41) is 0. The summed E-state index contributed by atoms with van der Waals surface area (Å²) >= 11 is 0. The lowest BCUT2D eigenvalue weighted by molar-refractivity contribution is -0.114. The van der Waals surface area contributed by atoms with Crippen LogP contribution in [0, 0.1) is 5.92 Å². The van der Waals surface area contributed by atoms with Crippen molar-refractivity contribution in [1.82, 2.24) is 0 Å². The standard InChI is InChI=1S/C10H14F4O/c1-15-8(9(11)10(12,13)14)7-5-3-2-4-6-7/h7H,2-6H2,1H3/b9-8-. The molecule has 1 rings (SSSR count). The maximum absolute atomic E-state index is 13.0. The quantitative estimate of drug-likeness (QED) is 0.511. The SMILES string of the molecule is CO/C(=C(\F)C(F)(F)F)C1CCCCC1. The Hall–Kier alpha value is -0.740. The zero-order chi connectivity index (χ0) is 11.5. The van der Waals surface area contributed by atoms with E-state index in [1.165, 1.54) is 0 Å². The minimum absolute atomic E-state index is 0.412. The van der Waals surface area contributed by atoms with Crippen molar-refractivity contribution in [2.75, 3.05) is 7.11 Å². The lowest BCUT2D eigenvalue weighted by atomic mass is 9.87. The van der Waals surface area contributed by atoms with Gasteiger partial charge in [0.15, 0.2) is 0 Å². The molecule has 0 atom stereocenters. The molecule has 0 spiro atoms. The Morgan fingerprint density at radius 2 is 1.67 bits per heavy atom. The fourth-order valence-corrected chi connectivity index (χ4v) is 1.94. The van der Waals surface area contributed by atoms with Crippen molar-refractivity contribution in [3.8, 4) is 0 Å². The van der Waals surface area contributed by atoms with Crippen LogP contribution < -0.4 is 0 Å². The molecule has 0 unspecified atom stereocenters. The highest BCUT2D eigenvalue weighted by atomic mass is 19.4. The molecule has 0 aromatic carbocycles. The van der Waals surface area contributed by atoms with Crippen LogP contribution in [0.2, 0.25) is 0 Å². The molecule has 1 fully saturated rings. The van der Waals surface area contributed by atoms with E-state index in [1.807, 2.05) is 0 Å². The van der Waals surface area contributed by atoms with Gasteiger partial charge in [0.05, 0.1) is 7.11 Å². The number of methoxy groups -OCH3 is 1. The first-order valence-electron chi connectivity index (χ1n) is 4.97. The Kier molecular flexibility index (Phi) is 3.99. The summed E-state index contributed by atoms with van der Waals surface area (Å²) in [6, 6.07) is 0. The summed E-state index contributed by atoms with van der Waals surface area (Å²) in [4.78, 5) is 0. The van der Waals surface area contributed by atoms with Crippen LogP contribution in [-0.4, -0.2) is 13.3 Å². The molecule has 1 saturated carbocycles. The second-order valence-electron chi connectivity index (χ2n) is 3.72. The minimum atomic E-state index is -4.93. The molecule has 15 heavy (non-hydrogen) atoms. The van der Waals surface area contributed by atoms with Crippen molar-refractivity contribution in [1.29, 1.82) is 0 Å². The van der Waals surface area contributed by atoms with E-state index in [-0.39, 0.29) is 0 Å². The number of rotatable bonds is 2. The molecule has 0 radical (unpaired) electrons. The van der Waals surface area contributed by atoms with Crippen LogP contribution in [0.5, 0.6) is 0 Å². The first-order valence-corrected chi connectivity index (χ1v) is 4.97. The Bertz CT molecular complexity index is 238. The van der Waals surface area contributed by atoms with Crippen molar-refractivity contribution in [3.63, 3.8) is 0 Å². The van der Waals surface area contributed by atoms with E-state index in [1.54, 1.807) is 0 Å². The van der Waals surface area contributed by atoms with E-state index in [0.717, 1.165) is 26.4 Å². The van der Waals surface area contributed by atoms with Crippen LogP contribution in [-0.2, 0) is 4.74 Å². The predicted molar refractivity (Wildman–Crippen MR) is 47.8 cm³/mol. The summed E-state index contributed by atoms with van der Waals surface area (Å²) in [6.07, 6.45) is -1.10. The molecule has 0 bridgehead atoms. The zero-order valence-electron chi connectivity index (χ0n) is 8.53. The third-order valence-corrected chi connectivity index (χ3v) is 2.66. The van der Waals surface area contributed by atoms with E-state index in [2.05, 4.69) is 4.74 Å². The number of hydrogen-bond acceptors (Lipinski definition) is 1. The summed E-state index contributed by atoms with van der Waals surface area (Å²) in [5.41, 5.74) is 0. The summed E-state index contributed by atoms with van der Waals surface area (Å²) in [6.45, 7) is 0. The van der Waals surface area contributed by atoms with Gasteiger partial charge in [-0.05, 0) is 12.8 Å². The monoisotopic (exact) mass is 226 g/mol. The van der Waals surface area contributed by atoms with Gasteiger partial charge in [0, 0.05) is 5.92 Å². The van der Waals surface area contributed by atoms with Crippen molar-refractivity contribution in [2.24, 2.45) is 5.92 Å². The van der Waals surface area contributed by atoms with Crippen LogP contribution in [0.4, 0.5) is 17.6 Å². The van der Waals surface area contributed by atoms with Gasteiger partial charge in [0.1, 0.15) is 5.76 Å². The fourth-order valence-electron chi connectivity index (χ4n) is 1.94. The molecule has 1 aliphatic rings. The topological polar surface area (TPSA) is 9.23 Å². The summed E-state index contributed by atoms with van der Waals surface area (Å²) < 4.78 is 53.9. The van der Waals surface area contributed by atoms with Gasteiger partial charge in [-0.3, -0.25) is 0 Å². The van der Waals surface area contributed by atoms with Crippen molar-refractivity contribution in [2.45, 2.75) is 38.3 Å². The highest BCUT2D eigenvalue weighted by Crippen LogP contribution is 2.37. The predicted octanol–water partition coefficient (Wildman–Crippen LogP) is 3.96. The molecule has 0 aliphatic heterocycles. The minimum Gasteiger partial charge on any atom is -0.498 e.